The Bertz CT molecular complexity index is 519. The summed E-state index contributed by atoms with van der Waals surface area (Å²) in [6.07, 6.45) is 2.39. The predicted molar refractivity (Wildman–Crippen MR) is 79.2 cm³/mol. The first-order chi connectivity index (χ1) is 10.2. The standard InChI is InChI=1S/C15H21N3O3/c1-17-8-9-21-14(10-16-11-6-7-11)15(17)12-4-2-3-5-13(12)18(19)20/h2-5,11,14-16H,6-10H2,1H3. The van der Waals surface area contributed by atoms with Crippen LogP contribution in [0.25, 0.3) is 0 Å². The molecule has 0 aromatic heterocycles. The third kappa shape index (κ3) is 3.23. The molecule has 3 rings (SSSR count). The number of para-hydroxylation sites is 1. The Hall–Kier alpha value is -1.50. The van der Waals surface area contributed by atoms with Gasteiger partial charge in [-0.15, -0.1) is 0 Å². The molecule has 2 fully saturated rings. The molecule has 0 spiro atoms. The molecule has 1 aromatic carbocycles. The van der Waals surface area contributed by atoms with Gasteiger partial charge in [0.15, 0.2) is 0 Å². The fourth-order valence-corrected chi connectivity index (χ4v) is 2.94. The first kappa shape index (κ1) is 14.4. The third-order valence-corrected chi connectivity index (χ3v) is 4.24. The van der Waals surface area contributed by atoms with Gasteiger partial charge in [-0.3, -0.25) is 15.0 Å². The number of rotatable bonds is 5. The van der Waals surface area contributed by atoms with Gasteiger partial charge in [0.1, 0.15) is 0 Å². The van der Waals surface area contributed by atoms with Crippen LogP contribution in [-0.4, -0.2) is 48.7 Å². The number of nitro groups is 1. The predicted octanol–water partition coefficient (Wildman–Crippen LogP) is 1.72. The number of hydrogen-bond acceptors (Lipinski definition) is 5. The van der Waals surface area contributed by atoms with Crippen LogP contribution in [0.3, 0.4) is 0 Å². The number of benzene rings is 1. The number of ether oxygens (including phenoxy) is 1. The largest absolute Gasteiger partial charge is 0.374 e. The summed E-state index contributed by atoms with van der Waals surface area (Å²) in [4.78, 5) is 13.1. The zero-order valence-corrected chi connectivity index (χ0v) is 12.2. The number of nitrogens with zero attached hydrogens (tertiary/aromatic N) is 2. The van der Waals surface area contributed by atoms with Gasteiger partial charge < -0.3 is 10.1 Å². The molecule has 6 nitrogen and oxygen atoms in total. The normalized spacial score (nSPS) is 26.7. The van der Waals surface area contributed by atoms with Crippen LogP contribution in [0, 0.1) is 10.1 Å². The van der Waals surface area contributed by atoms with Gasteiger partial charge in [0.25, 0.3) is 5.69 Å². The quantitative estimate of drug-likeness (QED) is 0.661. The summed E-state index contributed by atoms with van der Waals surface area (Å²) < 4.78 is 5.90. The topological polar surface area (TPSA) is 67.6 Å². The fourth-order valence-electron chi connectivity index (χ4n) is 2.94. The molecule has 2 atom stereocenters. The molecule has 1 N–H and O–H groups in total. The Morgan fingerprint density at radius 2 is 2.19 bits per heavy atom. The molecule has 21 heavy (non-hydrogen) atoms. The maximum atomic E-state index is 11.3. The van der Waals surface area contributed by atoms with E-state index < -0.39 is 0 Å². The van der Waals surface area contributed by atoms with Gasteiger partial charge in [-0.25, -0.2) is 0 Å². The molecular weight excluding hydrogens is 270 g/mol. The van der Waals surface area contributed by atoms with E-state index in [1.165, 1.54) is 12.8 Å². The van der Waals surface area contributed by atoms with Gasteiger partial charge in [0.05, 0.1) is 23.7 Å². The average Bonchev–Trinajstić information content (AvgIpc) is 3.29. The summed E-state index contributed by atoms with van der Waals surface area (Å²) >= 11 is 0. The Morgan fingerprint density at radius 1 is 1.43 bits per heavy atom. The second-order valence-corrected chi connectivity index (χ2v) is 5.83. The van der Waals surface area contributed by atoms with Crippen molar-refractivity contribution in [3.05, 3.63) is 39.9 Å². The molecule has 1 aliphatic heterocycles. The minimum absolute atomic E-state index is 0.0505. The molecule has 1 aromatic rings. The molecule has 114 valence electrons. The fraction of sp³-hybridized carbons (Fsp3) is 0.600. The van der Waals surface area contributed by atoms with Crippen LogP contribution in [0.5, 0.6) is 0 Å². The molecule has 6 heteroatoms. The lowest BCUT2D eigenvalue weighted by Crippen LogP contribution is -2.47. The Balaban J connectivity index is 1.85. The zero-order valence-electron chi connectivity index (χ0n) is 12.2. The summed E-state index contributed by atoms with van der Waals surface area (Å²) in [5.41, 5.74) is 0.920. The van der Waals surface area contributed by atoms with Crippen LogP contribution < -0.4 is 5.32 Å². The molecule has 1 saturated carbocycles. The van der Waals surface area contributed by atoms with Crippen molar-refractivity contribution in [2.45, 2.75) is 31.0 Å². The lowest BCUT2D eigenvalue weighted by Gasteiger charge is -2.39. The summed E-state index contributed by atoms with van der Waals surface area (Å²) in [6.45, 7) is 2.20. The highest BCUT2D eigenvalue weighted by molar-refractivity contribution is 5.42. The van der Waals surface area contributed by atoms with Crippen LogP contribution in [-0.2, 0) is 4.74 Å². The second kappa shape index (κ2) is 6.09. The van der Waals surface area contributed by atoms with Crippen molar-refractivity contribution >= 4 is 5.69 Å². The monoisotopic (exact) mass is 291 g/mol. The Kier molecular flexibility index (Phi) is 4.19. The average molecular weight is 291 g/mol. The highest BCUT2D eigenvalue weighted by Crippen LogP contribution is 2.34. The van der Waals surface area contributed by atoms with E-state index in [2.05, 4.69) is 10.2 Å². The first-order valence-corrected chi connectivity index (χ1v) is 7.45. The molecule has 0 amide bonds. The Morgan fingerprint density at radius 3 is 2.90 bits per heavy atom. The summed E-state index contributed by atoms with van der Waals surface area (Å²) in [7, 11) is 2.01. The van der Waals surface area contributed by atoms with Crippen molar-refractivity contribution in [3.8, 4) is 0 Å². The van der Waals surface area contributed by atoms with Gasteiger partial charge >= 0.3 is 0 Å². The van der Waals surface area contributed by atoms with Crippen molar-refractivity contribution in [2.75, 3.05) is 26.7 Å². The van der Waals surface area contributed by atoms with Crippen molar-refractivity contribution in [1.82, 2.24) is 10.2 Å². The summed E-state index contributed by atoms with van der Waals surface area (Å²) in [5, 5.41) is 14.8. The smallest absolute Gasteiger partial charge is 0.274 e. The van der Waals surface area contributed by atoms with Crippen LogP contribution in [0.15, 0.2) is 24.3 Å². The number of morpholine rings is 1. The summed E-state index contributed by atoms with van der Waals surface area (Å²) in [6, 6.07) is 7.51. The van der Waals surface area contributed by atoms with Gasteiger partial charge in [-0.2, -0.15) is 0 Å². The van der Waals surface area contributed by atoms with E-state index in [1.54, 1.807) is 12.1 Å². The summed E-state index contributed by atoms with van der Waals surface area (Å²) in [5.74, 6) is 0. The first-order valence-electron chi connectivity index (χ1n) is 7.45. The van der Waals surface area contributed by atoms with E-state index in [-0.39, 0.29) is 22.8 Å². The maximum absolute atomic E-state index is 11.3. The minimum atomic E-state index is -0.302. The lowest BCUT2D eigenvalue weighted by molar-refractivity contribution is -0.386. The van der Waals surface area contributed by atoms with Crippen LogP contribution in [0.2, 0.25) is 0 Å². The van der Waals surface area contributed by atoms with E-state index >= 15 is 0 Å². The highest BCUT2D eigenvalue weighted by atomic mass is 16.6. The number of hydrogen-bond donors (Lipinski definition) is 1. The molecular formula is C15H21N3O3. The van der Waals surface area contributed by atoms with Crippen molar-refractivity contribution in [1.29, 1.82) is 0 Å². The van der Waals surface area contributed by atoms with E-state index in [4.69, 9.17) is 4.74 Å². The van der Waals surface area contributed by atoms with E-state index in [9.17, 15) is 10.1 Å². The van der Waals surface area contributed by atoms with E-state index in [1.807, 2.05) is 19.2 Å². The maximum Gasteiger partial charge on any atom is 0.274 e. The zero-order chi connectivity index (χ0) is 14.8. The molecule has 0 radical (unpaired) electrons. The van der Waals surface area contributed by atoms with Crippen LogP contribution >= 0.6 is 0 Å². The number of likely N-dealkylation sites (N-methyl/N-ethyl adjacent to an activating group) is 1. The van der Waals surface area contributed by atoms with E-state index in [0.717, 1.165) is 18.7 Å². The Labute approximate surface area is 124 Å². The SMILES string of the molecule is CN1CCOC(CNC2CC2)C1c1ccccc1[N+](=O)[O-]. The number of nitro benzene ring substituents is 1. The third-order valence-electron chi connectivity index (χ3n) is 4.24. The van der Waals surface area contributed by atoms with E-state index in [0.29, 0.717) is 12.6 Å². The van der Waals surface area contributed by atoms with Crippen molar-refractivity contribution < 1.29 is 9.66 Å². The van der Waals surface area contributed by atoms with Crippen LogP contribution in [0.4, 0.5) is 5.69 Å². The molecule has 0 bridgehead atoms. The van der Waals surface area contributed by atoms with Crippen molar-refractivity contribution in [3.63, 3.8) is 0 Å². The highest BCUT2D eigenvalue weighted by Gasteiger charge is 2.36. The molecule has 1 saturated heterocycles. The molecule has 1 heterocycles. The molecule has 2 unspecified atom stereocenters. The number of nitrogens with one attached hydrogen (secondary N) is 1. The lowest BCUT2D eigenvalue weighted by atomic mass is 9.96. The van der Waals surface area contributed by atoms with Gasteiger partial charge in [0, 0.05) is 30.8 Å². The molecule has 1 aliphatic carbocycles. The van der Waals surface area contributed by atoms with Gasteiger partial charge in [-0.1, -0.05) is 18.2 Å². The molecule has 2 aliphatic rings. The van der Waals surface area contributed by atoms with Crippen LogP contribution in [0.1, 0.15) is 24.4 Å². The van der Waals surface area contributed by atoms with Gasteiger partial charge in [-0.05, 0) is 19.9 Å². The van der Waals surface area contributed by atoms with Crippen molar-refractivity contribution in [2.24, 2.45) is 0 Å². The van der Waals surface area contributed by atoms with Gasteiger partial charge in [0.2, 0.25) is 0 Å². The second-order valence-electron chi connectivity index (χ2n) is 5.83. The minimum Gasteiger partial charge on any atom is -0.374 e.